The molecule has 6 heteroatoms. The highest BCUT2D eigenvalue weighted by Crippen LogP contribution is 2.40. The Morgan fingerprint density at radius 1 is 1.14 bits per heavy atom. The molecule has 0 bridgehead atoms. The average molecular weight is 292 g/mol. The second-order valence-corrected chi connectivity index (χ2v) is 5.88. The molecular weight excluding hydrogens is 274 g/mol. The van der Waals surface area contributed by atoms with Gasteiger partial charge in [-0.2, -0.15) is 0 Å². The van der Waals surface area contributed by atoms with Gasteiger partial charge in [0.05, 0.1) is 17.1 Å². The molecule has 3 rings (SSSR count). The van der Waals surface area contributed by atoms with Crippen molar-refractivity contribution in [1.29, 1.82) is 0 Å². The molecule has 1 aliphatic rings. The lowest BCUT2D eigenvalue weighted by molar-refractivity contribution is 0.0675. The zero-order valence-corrected chi connectivity index (χ0v) is 12.2. The highest BCUT2D eigenvalue weighted by molar-refractivity contribution is 5.73. The van der Waals surface area contributed by atoms with Crippen molar-refractivity contribution in [3.05, 3.63) is 23.4 Å². The average Bonchev–Trinajstić information content (AvgIpc) is 2.49. The topological polar surface area (TPSA) is 51.6 Å². The van der Waals surface area contributed by atoms with E-state index < -0.39 is 12.3 Å². The molecule has 21 heavy (non-hydrogen) atoms. The standard InChI is InChI=1S/C15H18F2N4/c1-9-10(2)21-14-13(20-9)12(18-8-19-14)11-3-5-15(17,7-16)6-4-11/h8,11H,3-7H2,1-2H3. The minimum absolute atomic E-state index is 0.0994. The zero-order valence-electron chi connectivity index (χ0n) is 12.2. The quantitative estimate of drug-likeness (QED) is 0.851. The van der Waals surface area contributed by atoms with Gasteiger partial charge in [0.1, 0.15) is 24.2 Å². The molecule has 0 saturated heterocycles. The second kappa shape index (κ2) is 5.24. The number of aromatic nitrogens is 4. The molecule has 0 N–H and O–H groups in total. The monoisotopic (exact) mass is 292 g/mol. The lowest BCUT2D eigenvalue weighted by atomic mass is 9.79. The summed E-state index contributed by atoms with van der Waals surface area (Å²) in [4.78, 5) is 17.5. The Kier molecular flexibility index (Phi) is 3.55. The van der Waals surface area contributed by atoms with Crippen LogP contribution in [-0.2, 0) is 0 Å². The van der Waals surface area contributed by atoms with E-state index in [-0.39, 0.29) is 18.8 Å². The SMILES string of the molecule is Cc1nc2ncnc(C3CCC(F)(CF)CC3)c2nc1C. The first kappa shape index (κ1) is 14.2. The van der Waals surface area contributed by atoms with Crippen molar-refractivity contribution in [2.75, 3.05) is 6.67 Å². The van der Waals surface area contributed by atoms with Crippen LogP contribution in [0.15, 0.2) is 6.33 Å². The second-order valence-electron chi connectivity index (χ2n) is 5.88. The molecule has 1 fully saturated rings. The van der Waals surface area contributed by atoms with Gasteiger partial charge in [-0.15, -0.1) is 0 Å². The van der Waals surface area contributed by atoms with E-state index in [1.807, 2.05) is 13.8 Å². The van der Waals surface area contributed by atoms with Crippen molar-refractivity contribution < 1.29 is 8.78 Å². The Bertz CT molecular complexity index is 666. The number of rotatable bonds is 2. The number of aryl methyl sites for hydroxylation is 2. The van der Waals surface area contributed by atoms with E-state index in [0.29, 0.717) is 24.0 Å². The van der Waals surface area contributed by atoms with E-state index in [1.165, 1.54) is 6.33 Å². The van der Waals surface area contributed by atoms with Crippen LogP contribution in [0.1, 0.15) is 48.7 Å². The number of hydrogen-bond donors (Lipinski definition) is 0. The third-order valence-corrected chi connectivity index (χ3v) is 4.42. The first-order valence-electron chi connectivity index (χ1n) is 7.23. The van der Waals surface area contributed by atoms with Crippen molar-refractivity contribution in [3.63, 3.8) is 0 Å². The Labute approximate surface area is 122 Å². The Morgan fingerprint density at radius 2 is 1.81 bits per heavy atom. The smallest absolute Gasteiger partial charge is 0.181 e. The van der Waals surface area contributed by atoms with E-state index in [4.69, 9.17) is 0 Å². The summed E-state index contributed by atoms with van der Waals surface area (Å²) in [5.74, 6) is 0.0994. The minimum atomic E-state index is -1.66. The van der Waals surface area contributed by atoms with Crippen molar-refractivity contribution in [2.24, 2.45) is 0 Å². The third-order valence-electron chi connectivity index (χ3n) is 4.42. The van der Waals surface area contributed by atoms with Crippen LogP contribution in [0.2, 0.25) is 0 Å². The van der Waals surface area contributed by atoms with Gasteiger partial charge in [-0.05, 0) is 39.5 Å². The lowest BCUT2D eigenvalue weighted by Gasteiger charge is -2.31. The fourth-order valence-corrected chi connectivity index (χ4v) is 2.90. The summed E-state index contributed by atoms with van der Waals surface area (Å²) in [6.07, 6.45) is 3.12. The molecule has 0 spiro atoms. The maximum absolute atomic E-state index is 14.0. The Morgan fingerprint density at radius 3 is 2.48 bits per heavy atom. The van der Waals surface area contributed by atoms with Crippen LogP contribution in [0.4, 0.5) is 8.78 Å². The van der Waals surface area contributed by atoms with E-state index in [0.717, 1.165) is 17.1 Å². The molecule has 2 aromatic heterocycles. The van der Waals surface area contributed by atoms with Gasteiger partial charge in [-0.25, -0.2) is 28.7 Å². The molecule has 0 amide bonds. The van der Waals surface area contributed by atoms with Crippen LogP contribution >= 0.6 is 0 Å². The molecule has 2 aromatic rings. The Balaban J connectivity index is 1.96. The van der Waals surface area contributed by atoms with Gasteiger partial charge in [-0.3, -0.25) is 0 Å². The van der Waals surface area contributed by atoms with Crippen LogP contribution in [0, 0.1) is 13.8 Å². The van der Waals surface area contributed by atoms with Crippen LogP contribution in [-0.4, -0.2) is 32.3 Å². The summed E-state index contributed by atoms with van der Waals surface area (Å²) in [6, 6.07) is 0. The van der Waals surface area contributed by atoms with E-state index in [9.17, 15) is 8.78 Å². The summed E-state index contributed by atoms with van der Waals surface area (Å²) in [6.45, 7) is 2.89. The molecule has 2 heterocycles. The number of halogens is 2. The van der Waals surface area contributed by atoms with Crippen molar-refractivity contribution in [3.8, 4) is 0 Å². The van der Waals surface area contributed by atoms with E-state index in [1.54, 1.807) is 0 Å². The van der Waals surface area contributed by atoms with Crippen LogP contribution < -0.4 is 0 Å². The minimum Gasteiger partial charge on any atom is -0.248 e. The maximum Gasteiger partial charge on any atom is 0.181 e. The summed E-state index contributed by atoms with van der Waals surface area (Å²) in [5, 5.41) is 0. The fraction of sp³-hybridized carbons (Fsp3) is 0.600. The van der Waals surface area contributed by atoms with Gasteiger partial charge in [0, 0.05) is 5.92 Å². The number of nitrogens with zero attached hydrogens (tertiary/aromatic N) is 4. The predicted molar refractivity (Wildman–Crippen MR) is 75.6 cm³/mol. The van der Waals surface area contributed by atoms with Crippen LogP contribution in [0.3, 0.4) is 0 Å². The summed E-state index contributed by atoms with van der Waals surface area (Å²) < 4.78 is 26.7. The van der Waals surface area contributed by atoms with Gasteiger partial charge in [0.15, 0.2) is 5.65 Å². The molecule has 0 atom stereocenters. The van der Waals surface area contributed by atoms with E-state index in [2.05, 4.69) is 19.9 Å². The van der Waals surface area contributed by atoms with Gasteiger partial charge >= 0.3 is 0 Å². The first-order valence-corrected chi connectivity index (χ1v) is 7.23. The van der Waals surface area contributed by atoms with Crippen molar-refractivity contribution >= 4 is 11.2 Å². The number of alkyl halides is 2. The molecule has 0 aromatic carbocycles. The lowest BCUT2D eigenvalue weighted by Crippen LogP contribution is -2.31. The molecule has 0 unspecified atom stereocenters. The summed E-state index contributed by atoms with van der Waals surface area (Å²) in [7, 11) is 0. The zero-order chi connectivity index (χ0) is 15.0. The molecule has 4 nitrogen and oxygen atoms in total. The third kappa shape index (κ3) is 2.59. The summed E-state index contributed by atoms with van der Waals surface area (Å²) >= 11 is 0. The highest BCUT2D eigenvalue weighted by Gasteiger charge is 2.37. The molecule has 1 saturated carbocycles. The van der Waals surface area contributed by atoms with Gasteiger partial charge in [0.2, 0.25) is 0 Å². The largest absolute Gasteiger partial charge is 0.248 e. The molecular formula is C15H18F2N4. The van der Waals surface area contributed by atoms with Crippen LogP contribution in [0.25, 0.3) is 11.2 Å². The predicted octanol–water partition coefficient (Wildman–Crippen LogP) is 3.37. The van der Waals surface area contributed by atoms with E-state index >= 15 is 0 Å². The van der Waals surface area contributed by atoms with Crippen molar-refractivity contribution in [2.45, 2.75) is 51.1 Å². The number of hydrogen-bond acceptors (Lipinski definition) is 4. The maximum atomic E-state index is 14.0. The summed E-state index contributed by atoms with van der Waals surface area (Å²) in [5.41, 5.74) is 2.12. The highest BCUT2D eigenvalue weighted by atomic mass is 19.2. The normalized spacial score (nSPS) is 26.2. The number of fused-ring (bicyclic) bond motifs is 1. The molecule has 0 aliphatic heterocycles. The first-order chi connectivity index (χ1) is 10.0. The molecule has 112 valence electrons. The Hall–Kier alpha value is -1.72. The molecule has 0 radical (unpaired) electrons. The van der Waals surface area contributed by atoms with Gasteiger partial charge in [0.25, 0.3) is 0 Å². The molecule has 1 aliphatic carbocycles. The van der Waals surface area contributed by atoms with Gasteiger partial charge < -0.3 is 0 Å². The van der Waals surface area contributed by atoms with Gasteiger partial charge in [-0.1, -0.05) is 0 Å². The fourth-order valence-electron chi connectivity index (χ4n) is 2.90. The van der Waals surface area contributed by atoms with Crippen LogP contribution in [0.5, 0.6) is 0 Å². The van der Waals surface area contributed by atoms with Crippen molar-refractivity contribution in [1.82, 2.24) is 19.9 Å².